The Morgan fingerprint density at radius 2 is 2.06 bits per heavy atom. The lowest BCUT2D eigenvalue weighted by Gasteiger charge is -2.40. The predicted molar refractivity (Wildman–Crippen MR) is 71.9 cm³/mol. The van der Waals surface area contributed by atoms with E-state index in [4.69, 9.17) is 26.8 Å². The third kappa shape index (κ3) is 2.16. The molecule has 18 heavy (non-hydrogen) atoms. The Hall–Kier alpha value is -0.970. The number of hydrogen-bond donors (Lipinski definition) is 1. The molecule has 2 N–H and O–H groups in total. The minimum Gasteiger partial charge on any atom is -0.399 e. The van der Waals surface area contributed by atoms with Crippen molar-refractivity contribution in [3.8, 4) is 0 Å². The van der Waals surface area contributed by atoms with Gasteiger partial charge in [-0.3, -0.25) is 0 Å². The molecule has 5 heteroatoms. The molecule has 2 heterocycles. The number of benzene rings is 1. The molecule has 0 aromatic heterocycles. The number of rotatable bonds is 1. The van der Waals surface area contributed by atoms with E-state index < -0.39 is 5.79 Å². The van der Waals surface area contributed by atoms with Gasteiger partial charge in [0.1, 0.15) is 0 Å². The van der Waals surface area contributed by atoms with Crippen LogP contribution in [0, 0.1) is 0 Å². The lowest BCUT2D eigenvalue weighted by atomic mass is 10.0. The number of nitrogens with two attached hydrogens (primary N) is 1. The molecular formula is C13H17ClN2O2. The highest BCUT2D eigenvalue weighted by atomic mass is 35.5. The molecule has 3 rings (SSSR count). The fraction of sp³-hybridized carbons (Fsp3) is 0.538. The number of piperidine rings is 1. The molecule has 2 aliphatic heterocycles. The van der Waals surface area contributed by atoms with Crippen LogP contribution in [-0.2, 0) is 9.47 Å². The van der Waals surface area contributed by atoms with Crippen LogP contribution < -0.4 is 10.6 Å². The minimum atomic E-state index is -0.428. The van der Waals surface area contributed by atoms with Crippen molar-refractivity contribution in [1.29, 1.82) is 0 Å². The fourth-order valence-corrected chi connectivity index (χ4v) is 3.01. The second-order valence-electron chi connectivity index (χ2n) is 4.84. The van der Waals surface area contributed by atoms with Gasteiger partial charge in [-0.1, -0.05) is 11.6 Å². The molecule has 0 unspecified atom stereocenters. The maximum atomic E-state index is 6.25. The van der Waals surface area contributed by atoms with Crippen LogP contribution in [0.2, 0.25) is 5.02 Å². The quantitative estimate of drug-likeness (QED) is 0.794. The van der Waals surface area contributed by atoms with Gasteiger partial charge in [0, 0.05) is 18.7 Å². The van der Waals surface area contributed by atoms with Gasteiger partial charge >= 0.3 is 0 Å². The third-order valence-electron chi connectivity index (χ3n) is 3.54. The second kappa shape index (κ2) is 4.61. The van der Waals surface area contributed by atoms with Crippen LogP contribution >= 0.6 is 11.6 Å². The van der Waals surface area contributed by atoms with Crippen LogP contribution in [0.4, 0.5) is 11.4 Å². The van der Waals surface area contributed by atoms with Crippen LogP contribution in [0.5, 0.6) is 0 Å². The zero-order chi connectivity index (χ0) is 12.6. The van der Waals surface area contributed by atoms with E-state index in [2.05, 4.69) is 4.90 Å². The smallest absolute Gasteiger partial charge is 0.186 e. The van der Waals surface area contributed by atoms with Crippen molar-refractivity contribution < 1.29 is 9.47 Å². The van der Waals surface area contributed by atoms with Crippen molar-refractivity contribution in [2.45, 2.75) is 18.6 Å². The van der Waals surface area contributed by atoms with E-state index >= 15 is 0 Å². The van der Waals surface area contributed by atoms with Crippen molar-refractivity contribution >= 4 is 23.0 Å². The van der Waals surface area contributed by atoms with E-state index in [1.165, 1.54) is 0 Å². The van der Waals surface area contributed by atoms with Crippen LogP contribution in [-0.4, -0.2) is 32.1 Å². The Bertz CT molecular complexity index is 447. The molecule has 1 aromatic carbocycles. The lowest BCUT2D eigenvalue weighted by Crippen LogP contribution is -2.49. The highest BCUT2D eigenvalue weighted by molar-refractivity contribution is 6.33. The van der Waals surface area contributed by atoms with Gasteiger partial charge in [-0.15, -0.1) is 0 Å². The van der Waals surface area contributed by atoms with Gasteiger partial charge in [-0.25, -0.2) is 0 Å². The van der Waals surface area contributed by atoms with E-state index in [0.717, 1.165) is 31.6 Å². The standard InChI is InChI=1S/C13H17ClN2O2/c14-11-8-10(15)2-3-12(11)16-5-1-4-13(9-16)17-6-7-18-13/h2-3,8H,1,4-7,9,15H2. The molecule has 2 aliphatic rings. The molecule has 0 bridgehead atoms. The molecular weight excluding hydrogens is 252 g/mol. The molecule has 0 atom stereocenters. The van der Waals surface area contributed by atoms with Crippen LogP contribution in [0.15, 0.2) is 18.2 Å². The summed E-state index contributed by atoms with van der Waals surface area (Å²) in [5.74, 6) is -0.428. The summed E-state index contributed by atoms with van der Waals surface area (Å²) in [6.45, 7) is 3.07. The monoisotopic (exact) mass is 268 g/mol. The normalized spacial score (nSPS) is 22.6. The summed E-state index contributed by atoms with van der Waals surface area (Å²) in [6.07, 6.45) is 2.00. The molecule has 0 aliphatic carbocycles. The first kappa shape index (κ1) is 12.1. The Balaban J connectivity index is 1.83. The molecule has 1 spiro atoms. The Morgan fingerprint density at radius 1 is 1.28 bits per heavy atom. The number of nitrogens with zero attached hydrogens (tertiary/aromatic N) is 1. The molecule has 0 amide bonds. The minimum absolute atomic E-state index is 0.428. The first-order valence-corrected chi connectivity index (χ1v) is 6.64. The highest BCUT2D eigenvalue weighted by Gasteiger charge is 2.41. The molecule has 2 fully saturated rings. The lowest BCUT2D eigenvalue weighted by molar-refractivity contribution is -0.161. The first-order chi connectivity index (χ1) is 8.69. The van der Waals surface area contributed by atoms with Crippen LogP contribution in [0.1, 0.15) is 12.8 Å². The number of nitrogen functional groups attached to an aromatic ring is 1. The summed E-state index contributed by atoms with van der Waals surface area (Å²) in [7, 11) is 0. The van der Waals surface area contributed by atoms with Crippen molar-refractivity contribution in [2.24, 2.45) is 0 Å². The van der Waals surface area contributed by atoms with Gasteiger partial charge in [0.2, 0.25) is 0 Å². The predicted octanol–water partition coefficient (Wildman–Crippen LogP) is 2.27. The SMILES string of the molecule is Nc1ccc(N2CCCC3(C2)OCCO3)c(Cl)c1. The highest BCUT2D eigenvalue weighted by Crippen LogP contribution is 2.35. The Labute approximate surface area is 112 Å². The Kier molecular flexibility index (Phi) is 3.09. The second-order valence-corrected chi connectivity index (χ2v) is 5.25. The summed E-state index contributed by atoms with van der Waals surface area (Å²) in [5, 5.41) is 0.685. The molecule has 98 valence electrons. The van der Waals surface area contributed by atoms with Crippen LogP contribution in [0.25, 0.3) is 0 Å². The van der Waals surface area contributed by atoms with Crippen molar-refractivity contribution in [1.82, 2.24) is 0 Å². The summed E-state index contributed by atoms with van der Waals surface area (Å²) in [6, 6.07) is 5.62. The average molecular weight is 269 g/mol. The average Bonchev–Trinajstić information content (AvgIpc) is 2.77. The van der Waals surface area contributed by atoms with Crippen LogP contribution in [0.3, 0.4) is 0 Å². The summed E-state index contributed by atoms with van der Waals surface area (Å²) in [4.78, 5) is 2.22. The van der Waals surface area contributed by atoms with E-state index in [1.54, 1.807) is 6.07 Å². The molecule has 0 saturated carbocycles. The van der Waals surface area contributed by atoms with E-state index in [-0.39, 0.29) is 0 Å². The molecule has 2 saturated heterocycles. The molecule has 1 aromatic rings. The summed E-state index contributed by atoms with van der Waals surface area (Å²) in [5.41, 5.74) is 7.41. The van der Waals surface area contributed by atoms with Gasteiger partial charge < -0.3 is 20.1 Å². The van der Waals surface area contributed by atoms with Gasteiger partial charge in [0.15, 0.2) is 5.79 Å². The first-order valence-electron chi connectivity index (χ1n) is 6.26. The number of anilines is 2. The topological polar surface area (TPSA) is 47.7 Å². The number of hydrogen-bond acceptors (Lipinski definition) is 4. The molecule has 4 nitrogen and oxygen atoms in total. The van der Waals surface area contributed by atoms with Gasteiger partial charge in [0.25, 0.3) is 0 Å². The fourth-order valence-electron chi connectivity index (χ4n) is 2.71. The van der Waals surface area contributed by atoms with E-state index in [0.29, 0.717) is 23.9 Å². The summed E-state index contributed by atoms with van der Waals surface area (Å²) < 4.78 is 11.5. The number of halogens is 1. The van der Waals surface area contributed by atoms with Crippen molar-refractivity contribution in [2.75, 3.05) is 36.9 Å². The summed E-state index contributed by atoms with van der Waals surface area (Å²) >= 11 is 6.25. The maximum absolute atomic E-state index is 6.25. The van der Waals surface area contributed by atoms with Crippen molar-refractivity contribution in [3.63, 3.8) is 0 Å². The molecule has 0 radical (unpaired) electrons. The Morgan fingerprint density at radius 3 is 2.78 bits per heavy atom. The third-order valence-corrected chi connectivity index (χ3v) is 3.85. The van der Waals surface area contributed by atoms with E-state index in [1.807, 2.05) is 12.1 Å². The van der Waals surface area contributed by atoms with E-state index in [9.17, 15) is 0 Å². The zero-order valence-corrected chi connectivity index (χ0v) is 10.9. The zero-order valence-electron chi connectivity index (χ0n) is 10.2. The number of ether oxygens (including phenoxy) is 2. The van der Waals surface area contributed by atoms with Gasteiger partial charge in [0.05, 0.1) is 30.5 Å². The van der Waals surface area contributed by atoms with Gasteiger partial charge in [-0.05, 0) is 24.6 Å². The van der Waals surface area contributed by atoms with Crippen molar-refractivity contribution in [3.05, 3.63) is 23.2 Å². The largest absolute Gasteiger partial charge is 0.399 e. The maximum Gasteiger partial charge on any atom is 0.186 e. The van der Waals surface area contributed by atoms with Gasteiger partial charge in [-0.2, -0.15) is 0 Å².